The molecular formula is C16H14ClFN2. The van der Waals surface area contributed by atoms with Crippen LogP contribution in [0.5, 0.6) is 0 Å². The lowest BCUT2D eigenvalue weighted by Gasteiger charge is -2.10. The van der Waals surface area contributed by atoms with Crippen LogP contribution in [-0.4, -0.2) is 15.4 Å². The molecule has 3 rings (SSSR count). The van der Waals surface area contributed by atoms with Gasteiger partial charge in [-0.15, -0.1) is 11.6 Å². The topological polar surface area (TPSA) is 17.8 Å². The number of aryl methyl sites for hydroxylation is 2. The van der Waals surface area contributed by atoms with Crippen molar-refractivity contribution >= 4 is 22.6 Å². The molecule has 0 bridgehead atoms. The lowest BCUT2D eigenvalue weighted by molar-refractivity contribution is 0.616. The van der Waals surface area contributed by atoms with Crippen LogP contribution < -0.4 is 0 Å². The van der Waals surface area contributed by atoms with Gasteiger partial charge in [-0.25, -0.2) is 9.37 Å². The Hall–Kier alpha value is -1.87. The van der Waals surface area contributed by atoms with Gasteiger partial charge >= 0.3 is 0 Å². The number of para-hydroxylation sites is 2. The number of alkyl halides is 1. The third-order valence-electron chi connectivity index (χ3n) is 3.29. The maximum Gasteiger partial charge on any atom is 0.147 e. The molecule has 0 atom stereocenters. The van der Waals surface area contributed by atoms with Crippen molar-refractivity contribution in [3.8, 4) is 5.69 Å². The van der Waals surface area contributed by atoms with E-state index in [0.29, 0.717) is 18.0 Å². The van der Waals surface area contributed by atoms with E-state index in [1.807, 2.05) is 41.8 Å². The van der Waals surface area contributed by atoms with E-state index in [1.165, 1.54) is 6.07 Å². The van der Waals surface area contributed by atoms with Gasteiger partial charge in [0.1, 0.15) is 11.6 Å². The molecule has 102 valence electrons. The largest absolute Gasteiger partial charge is 0.293 e. The molecular weight excluding hydrogens is 275 g/mol. The second-order valence-corrected chi connectivity index (χ2v) is 5.12. The summed E-state index contributed by atoms with van der Waals surface area (Å²) in [6.07, 6.45) is 0.601. The molecule has 0 N–H and O–H groups in total. The Morgan fingerprint density at radius 2 is 2.00 bits per heavy atom. The molecule has 2 nitrogen and oxygen atoms in total. The number of fused-ring (bicyclic) bond motifs is 1. The van der Waals surface area contributed by atoms with E-state index >= 15 is 0 Å². The predicted octanol–water partition coefficient (Wildman–Crippen LogP) is 4.25. The number of aromatic nitrogens is 2. The summed E-state index contributed by atoms with van der Waals surface area (Å²) in [4.78, 5) is 4.56. The normalized spacial score (nSPS) is 11.2. The molecule has 0 fully saturated rings. The summed E-state index contributed by atoms with van der Waals surface area (Å²) in [5.41, 5.74) is 3.29. The van der Waals surface area contributed by atoms with E-state index < -0.39 is 0 Å². The SMILES string of the molecule is Cc1ccc(F)c(-n2c(CCCl)nc3ccccc32)c1. The van der Waals surface area contributed by atoms with E-state index in [4.69, 9.17) is 11.6 Å². The molecule has 1 aromatic heterocycles. The highest BCUT2D eigenvalue weighted by atomic mass is 35.5. The van der Waals surface area contributed by atoms with Gasteiger partial charge in [-0.2, -0.15) is 0 Å². The zero-order chi connectivity index (χ0) is 14.1. The monoisotopic (exact) mass is 288 g/mol. The summed E-state index contributed by atoms with van der Waals surface area (Å²) < 4.78 is 16.1. The van der Waals surface area contributed by atoms with E-state index in [0.717, 1.165) is 22.4 Å². The van der Waals surface area contributed by atoms with Crippen LogP contribution in [0.15, 0.2) is 42.5 Å². The molecule has 0 saturated heterocycles. The lowest BCUT2D eigenvalue weighted by atomic mass is 10.2. The highest BCUT2D eigenvalue weighted by molar-refractivity contribution is 6.17. The maximum absolute atomic E-state index is 14.2. The van der Waals surface area contributed by atoms with Gasteiger partial charge in [0.25, 0.3) is 0 Å². The van der Waals surface area contributed by atoms with Crippen molar-refractivity contribution in [1.29, 1.82) is 0 Å². The fourth-order valence-electron chi connectivity index (χ4n) is 2.39. The van der Waals surface area contributed by atoms with Crippen molar-refractivity contribution in [2.45, 2.75) is 13.3 Å². The molecule has 0 aliphatic rings. The Balaban J connectivity index is 2.33. The summed E-state index contributed by atoms with van der Waals surface area (Å²) >= 11 is 5.85. The van der Waals surface area contributed by atoms with Gasteiger partial charge in [0.15, 0.2) is 0 Å². The van der Waals surface area contributed by atoms with Gasteiger partial charge in [-0.05, 0) is 36.8 Å². The molecule has 0 radical (unpaired) electrons. The van der Waals surface area contributed by atoms with Gasteiger partial charge < -0.3 is 0 Å². The molecule has 0 unspecified atom stereocenters. The predicted molar refractivity (Wildman–Crippen MR) is 80.2 cm³/mol. The second-order valence-electron chi connectivity index (χ2n) is 4.75. The smallest absolute Gasteiger partial charge is 0.147 e. The molecule has 0 aliphatic heterocycles. The molecule has 0 aliphatic carbocycles. The Morgan fingerprint density at radius 3 is 2.80 bits per heavy atom. The Labute approximate surface area is 121 Å². The van der Waals surface area contributed by atoms with Crippen LogP contribution >= 0.6 is 11.6 Å². The van der Waals surface area contributed by atoms with E-state index in [1.54, 1.807) is 6.07 Å². The third-order valence-corrected chi connectivity index (χ3v) is 3.48. The minimum absolute atomic E-state index is 0.255. The number of rotatable bonds is 3. The standard InChI is InChI=1S/C16H14ClFN2/c1-11-6-7-12(18)15(10-11)20-14-5-3-2-4-13(14)19-16(20)8-9-17/h2-7,10H,8-9H2,1H3. The van der Waals surface area contributed by atoms with Crippen LogP contribution in [0.3, 0.4) is 0 Å². The highest BCUT2D eigenvalue weighted by Crippen LogP contribution is 2.24. The Kier molecular flexibility index (Phi) is 3.45. The van der Waals surface area contributed by atoms with Crippen molar-refractivity contribution in [2.24, 2.45) is 0 Å². The van der Waals surface area contributed by atoms with Gasteiger partial charge in [0.05, 0.1) is 16.7 Å². The minimum atomic E-state index is -0.255. The van der Waals surface area contributed by atoms with Crippen LogP contribution in [-0.2, 0) is 6.42 Å². The zero-order valence-electron chi connectivity index (χ0n) is 11.1. The van der Waals surface area contributed by atoms with Crippen LogP contribution in [0.2, 0.25) is 0 Å². The first-order valence-corrected chi connectivity index (χ1v) is 7.03. The third kappa shape index (κ3) is 2.18. The van der Waals surface area contributed by atoms with Crippen LogP contribution in [0.1, 0.15) is 11.4 Å². The number of nitrogens with zero attached hydrogens (tertiary/aromatic N) is 2. The van der Waals surface area contributed by atoms with Crippen molar-refractivity contribution in [1.82, 2.24) is 9.55 Å². The van der Waals surface area contributed by atoms with Gasteiger partial charge in [-0.1, -0.05) is 18.2 Å². The Bertz CT molecular complexity index is 764. The van der Waals surface area contributed by atoms with Crippen molar-refractivity contribution in [3.05, 3.63) is 59.7 Å². The molecule has 4 heteroatoms. The van der Waals surface area contributed by atoms with Crippen LogP contribution in [0, 0.1) is 12.7 Å². The first-order chi connectivity index (χ1) is 9.70. The van der Waals surface area contributed by atoms with Crippen molar-refractivity contribution in [3.63, 3.8) is 0 Å². The average molecular weight is 289 g/mol. The summed E-state index contributed by atoms with van der Waals surface area (Å²) in [7, 11) is 0. The molecule has 0 amide bonds. The van der Waals surface area contributed by atoms with E-state index in [9.17, 15) is 4.39 Å². The summed E-state index contributed by atoms with van der Waals surface area (Å²) in [5.74, 6) is 0.983. The molecule has 0 spiro atoms. The van der Waals surface area contributed by atoms with E-state index in [2.05, 4.69) is 4.98 Å². The fourth-order valence-corrected chi connectivity index (χ4v) is 2.56. The maximum atomic E-state index is 14.2. The Morgan fingerprint density at radius 1 is 1.20 bits per heavy atom. The molecule has 0 saturated carbocycles. The number of hydrogen-bond donors (Lipinski definition) is 0. The minimum Gasteiger partial charge on any atom is -0.293 e. The molecule has 20 heavy (non-hydrogen) atoms. The number of hydrogen-bond acceptors (Lipinski definition) is 1. The summed E-state index contributed by atoms with van der Waals surface area (Å²) in [6.45, 7) is 1.95. The van der Waals surface area contributed by atoms with Crippen LogP contribution in [0.4, 0.5) is 4.39 Å². The molecule has 2 aromatic carbocycles. The average Bonchev–Trinajstić information content (AvgIpc) is 2.80. The van der Waals surface area contributed by atoms with Gasteiger partial charge in [0.2, 0.25) is 0 Å². The number of halogens is 2. The van der Waals surface area contributed by atoms with Crippen molar-refractivity contribution < 1.29 is 4.39 Å². The highest BCUT2D eigenvalue weighted by Gasteiger charge is 2.14. The second kappa shape index (κ2) is 5.25. The zero-order valence-corrected chi connectivity index (χ0v) is 11.9. The van der Waals surface area contributed by atoms with E-state index in [-0.39, 0.29) is 5.82 Å². The molecule has 1 heterocycles. The van der Waals surface area contributed by atoms with Gasteiger partial charge in [-0.3, -0.25) is 4.57 Å². The first-order valence-electron chi connectivity index (χ1n) is 6.49. The molecule has 3 aromatic rings. The summed E-state index contributed by atoms with van der Waals surface area (Å²) in [5, 5.41) is 0. The fraction of sp³-hybridized carbons (Fsp3) is 0.188. The lowest BCUT2D eigenvalue weighted by Crippen LogP contribution is -2.04. The van der Waals surface area contributed by atoms with Crippen molar-refractivity contribution in [2.75, 3.05) is 5.88 Å². The number of imidazole rings is 1. The van der Waals surface area contributed by atoms with Crippen LogP contribution in [0.25, 0.3) is 16.7 Å². The summed E-state index contributed by atoms with van der Waals surface area (Å²) in [6, 6.07) is 12.8. The quantitative estimate of drug-likeness (QED) is 0.659. The number of benzene rings is 2. The van der Waals surface area contributed by atoms with Gasteiger partial charge in [0, 0.05) is 12.3 Å². The first kappa shape index (κ1) is 13.1.